The molecule has 6 aliphatic heterocycles. The predicted octanol–water partition coefficient (Wildman–Crippen LogP) is 17.8. The van der Waals surface area contributed by atoms with Crippen molar-refractivity contribution in [3.05, 3.63) is 268 Å². The fourth-order valence-electron chi connectivity index (χ4n) is 12.5. The standard InChI is InChI=1S/C24H28ClF2NO2Si.C23H29F2NOSi.C18H13F2NO2.C12H11NO3/c1-23(2,3)31(4,5)30-16-24(18-9-7-6-8-10-18)14-17(15-28(24)22(25)29)20-13-19(26)11-12-21(20)27;1-22(2,3)28(4,5)27-16-23(18-9-7-6-8-10-18)14-17(15-26-23)20-13-19(24)11-12-21(20)25;19-14-6-7-16(20)15(8-14)12-9-18(13-4-2-1-3-5-13)11-23-17(22)21(18)10-12;14-10-6-12(9-4-2-1-3-5-9)8-16-11(15)13(12)7-10/h6-14H,15-16H2,1-5H3;6-14,26H,15-16H2,1-5H3;1-9H,10-11H2;1-5H,6-8H2/t24-;23-;;/m11../s1. The number of ether oxygens (including phenoxy) is 2. The number of benzene rings is 7. The van der Waals surface area contributed by atoms with Crippen molar-refractivity contribution in [3.8, 4) is 0 Å². The van der Waals surface area contributed by atoms with E-state index in [0.29, 0.717) is 36.3 Å². The van der Waals surface area contributed by atoms with Gasteiger partial charge in [-0.05, 0) is 154 Å². The first kappa shape index (κ1) is 72.4. The molecule has 0 aromatic heterocycles. The minimum atomic E-state index is -2.18. The van der Waals surface area contributed by atoms with E-state index >= 15 is 0 Å². The molecule has 3 fully saturated rings. The van der Waals surface area contributed by atoms with Crippen LogP contribution in [0.1, 0.15) is 86.9 Å². The van der Waals surface area contributed by atoms with Crippen LogP contribution in [0.4, 0.5) is 40.7 Å². The van der Waals surface area contributed by atoms with Gasteiger partial charge in [0.25, 0.3) is 0 Å². The van der Waals surface area contributed by atoms with Gasteiger partial charge in [-0.25, -0.2) is 35.9 Å². The lowest BCUT2D eigenvalue weighted by Crippen LogP contribution is -2.51. The highest BCUT2D eigenvalue weighted by Crippen LogP contribution is 2.48. The first-order valence-electron chi connectivity index (χ1n) is 32.4. The zero-order valence-corrected chi connectivity index (χ0v) is 59.3. The summed E-state index contributed by atoms with van der Waals surface area (Å²) in [5.41, 5.74) is 3.26. The summed E-state index contributed by atoms with van der Waals surface area (Å²) in [7, 11) is -4.16. The van der Waals surface area contributed by atoms with Crippen LogP contribution in [0.15, 0.2) is 194 Å². The zero-order chi connectivity index (χ0) is 70.8. The maximum atomic E-state index is 14.6. The Labute approximate surface area is 576 Å². The van der Waals surface area contributed by atoms with Gasteiger partial charge in [-0.15, -0.1) is 0 Å². The molecule has 7 aromatic rings. The van der Waals surface area contributed by atoms with Crippen LogP contribution in [0.2, 0.25) is 36.3 Å². The van der Waals surface area contributed by atoms with Crippen molar-refractivity contribution < 1.29 is 63.8 Å². The highest BCUT2D eigenvalue weighted by atomic mass is 35.5. The van der Waals surface area contributed by atoms with Gasteiger partial charge in [-0.2, -0.15) is 0 Å². The molecule has 7 aromatic carbocycles. The molecular weight excluding hydrogens is 1310 g/mol. The number of rotatable bonds is 13. The second kappa shape index (κ2) is 28.5. The maximum absolute atomic E-state index is 14.6. The molecule has 6 aliphatic rings. The Balaban J connectivity index is 0.000000145. The molecule has 1 N–H and O–H groups in total. The molecule has 21 heteroatoms. The molecular formula is C77H81ClF6N4O8Si2. The van der Waals surface area contributed by atoms with Crippen molar-refractivity contribution in [2.24, 2.45) is 0 Å². The summed E-state index contributed by atoms with van der Waals surface area (Å²) in [6, 6.07) is 48.7. The van der Waals surface area contributed by atoms with Crippen molar-refractivity contribution in [1.29, 1.82) is 0 Å². The number of hydrogen-bond donors (Lipinski definition) is 1. The lowest BCUT2D eigenvalue weighted by Gasteiger charge is -2.42. The van der Waals surface area contributed by atoms with Gasteiger partial charge in [0.1, 0.15) is 64.7 Å². The van der Waals surface area contributed by atoms with E-state index in [9.17, 15) is 45.5 Å². The van der Waals surface area contributed by atoms with Crippen LogP contribution in [0, 0.1) is 34.9 Å². The van der Waals surface area contributed by atoms with E-state index in [1.54, 1.807) is 15.9 Å². The van der Waals surface area contributed by atoms with Gasteiger partial charge in [0.2, 0.25) is 0 Å². The second-order valence-electron chi connectivity index (χ2n) is 28.5. The first-order chi connectivity index (χ1) is 46.2. The van der Waals surface area contributed by atoms with Crippen LogP contribution in [0.3, 0.4) is 0 Å². The lowest BCUT2D eigenvalue weighted by atomic mass is 9.88. The molecule has 0 bridgehead atoms. The molecule has 6 heterocycles. The third-order valence-corrected chi connectivity index (χ3v) is 29.4. The van der Waals surface area contributed by atoms with E-state index in [1.165, 1.54) is 17.0 Å². The summed E-state index contributed by atoms with van der Waals surface area (Å²) in [5, 5.41) is 2.89. The van der Waals surface area contributed by atoms with E-state index in [2.05, 4.69) is 73.0 Å². The van der Waals surface area contributed by atoms with E-state index < -0.39 is 85.2 Å². The molecule has 2 unspecified atom stereocenters. The number of hydrogen-bond acceptors (Lipinski definition) is 9. The Kier molecular flexibility index (Phi) is 21.0. The van der Waals surface area contributed by atoms with Gasteiger partial charge in [-0.3, -0.25) is 24.7 Å². The van der Waals surface area contributed by atoms with Gasteiger partial charge >= 0.3 is 17.6 Å². The number of ketones is 1. The maximum Gasteiger partial charge on any atom is 0.411 e. The fraction of sp³-hybridized carbons (Fsp3) is 0.325. The molecule has 0 spiro atoms. The zero-order valence-electron chi connectivity index (χ0n) is 56.6. The molecule has 0 saturated carbocycles. The van der Waals surface area contributed by atoms with Crippen LogP contribution >= 0.6 is 11.6 Å². The average Bonchev–Trinajstić information content (AvgIpc) is 1.59. The Morgan fingerprint density at radius 3 is 1.43 bits per heavy atom. The van der Waals surface area contributed by atoms with Crippen LogP contribution in [-0.4, -0.2) is 107 Å². The molecule has 0 radical (unpaired) electrons. The van der Waals surface area contributed by atoms with E-state index in [0.717, 1.165) is 70.3 Å². The van der Waals surface area contributed by atoms with Crippen LogP contribution in [-0.2, 0) is 45.3 Å². The minimum Gasteiger partial charge on any atom is -0.446 e. The van der Waals surface area contributed by atoms with Crippen LogP contribution < -0.4 is 5.32 Å². The summed E-state index contributed by atoms with van der Waals surface area (Å²) < 4.78 is 107. The summed E-state index contributed by atoms with van der Waals surface area (Å²) in [4.78, 5) is 52.2. The number of cyclic esters (lactones) is 2. The van der Waals surface area contributed by atoms with Crippen LogP contribution in [0.25, 0.3) is 16.7 Å². The predicted molar refractivity (Wildman–Crippen MR) is 373 cm³/mol. The number of amides is 3. The average molecular weight is 1400 g/mol. The van der Waals surface area contributed by atoms with Crippen LogP contribution in [0.5, 0.6) is 0 Å². The normalized spacial score (nSPS) is 21.9. The van der Waals surface area contributed by atoms with Crippen molar-refractivity contribution in [2.45, 2.75) is 106 Å². The highest BCUT2D eigenvalue weighted by Gasteiger charge is 2.56. The minimum absolute atomic E-state index is 0.0412. The first-order valence-corrected chi connectivity index (χ1v) is 38.6. The van der Waals surface area contributed by atoms with Gasteiger partial charge in [0, 0.05) is 36.2 Å². The van der Waals surface area contributed by atoms with Crippen molar-refractivity contribution >= 4 is 68.3 Å². The molecule has 12 nitrogen and oxygen atoms in total. The van der Waals surface area contributed by atoms with Gasteiger partial charge in [0.15, 0.2) is 22.4 Å². The number of nitrogens with one attached hydrogen (secondary N) is 1. The Morgan fingerprint density at radius 1 is 0.510 bits per heavy atom. The monoisotopic (exact) mass is 1390 g/mol. The molecule has 514 valence electrons. The third-order valence-electron chi connectivity index (χ3n) is 20.2. The quantitative estimate of drug-likeness (QED) is 0.0520. The number of nitrogens with zero attached hydrogens (tertiary/aromatic N) is 3. The Bertz CT molecular complexity index is 4220. The number of halogens is 7. The third kappa shape index (κ3) is 14.8. The van der Waals surface area contributed by atoms with Crippen molar-refractivity contribution in [3.63, 3.8) is 0 Å². The molecule has 4 atom stereocenters. The number of fused-ring (bicyclic) bond motifs is 2. The molecule has 13 rings (SSSR count). The second-order valence-corrected chi connectivity index (χ2v) is 38.4. The number of Topliss-reactive ketones (excluding diaryl/α,β-unsaturated/α-hetero) is 1. The summed E-state index contributed by atoms with van der Waals surface area (Å²) in [6.07, 6.45) is 5.15. The topological polar surface area (TPSA) is 127 Å². The van der Waals surface area contributed by atoms with E-state index in [4.69, 9.17) is 29.9 Å². The molecule has 0 aliphatic carbocycles. The smallest absolute Gasteiger partial charge is 0.411 e. The summed E-state index contributed by atoms with van der Waals surface area (Å²) in [5.74, 6) is -2.86. The highest BCUT2D eigenvalue weighted by molar-refractivity contribution is 6.74. The van der Waals surface area contributed by atoms with Crippen molar-refractivity contribution in [2.75, 3.05) is 52.6 Å². The molecule has 3 amide bonds. The van der Waals surface area contributed by atoms with Gasteiger partial charge in [-0.1, -0.05) is 169 Å². The lowest BCUT2D eigenvalue weighted by molar-refractivity contribution is -0.117. The van der Waals surface area contributed by atoms with E-state index in [-0.39, 0.29) is 72.5 Å². The van der Waals surface area contributed by atoms with Gasteiger partial charge < -0.3 is 23.2 Å². The number of carbonyl (C=O) groups excluding carboxylic acids is 4. The molecule has 98 heavy (non-hydrogen) atoms. The largest absolute Gasteiger partial charge is 0.446 e. The van der Waals surface area contributed by atoms with Crippen molar-refractivity contribution in [1.82, 2.24) is 20.0 Å². The number of carbonyl (C=O) groups is 4. The fourth-order valence-corrected chi connectivity index (χ4v) is 14.7. The Hall–Kier alpha value is -8.38. The molecule has 3 saturated heterocycles. The summed E-state index contributed by atoms with van der Waals surface area (Å²) >= 11 is 6.02. The Morgan fingerprint density at radius 2 is 0.939 bits per heavy atom. The van der Waals surface area contributed by atoms with Gasteiger partial charge in [0.05, 0.1) is 31.8 Å². The summed E-state index contributed by atoms with van der Waals surface area (Å²) in [6.45, 7) is 23.7. The van der Waals surface area contributed by atoms with E-state index in [1.807, 2.05) is 133 Å². The SMILES string of the molecule is CC(C)(C)[Si](C)(C)OC[C@@]1(c2ccccc2)C=C(c2cc(F)ccc2F)CN1.CC(C)(C)[Si](C)(C)OC[C@@]1(c2ccccc2)C=C(c2cc(F)ccc2F)CN1C(=O)Cl.O=C1CN2C(=O)OCC2(c2ccccc2)C1.O=C1OCC2(c3ccccc3)C=C(c3cc(F)ccc3F)CN12.